The first-order valence-electron chi connectivity index (χ1n) is 8.83. The molecule has 0 atom stereocenters. The van der Waals surface area contributed by atoms with E-state index in [9.17, 15) is 4.79 Å². The van der Waals surface area contributed by atoms with E-state index in [1.165, 1.54) is 5.56 Å². The van der Waals surface area contributed by atoms with Crippen LogP contribution in [0.4, 0.5) is 0 Å². The quantitative estimate of drug-likeness (QED) is 0.760. The Kier molecular flexibility index (Phi) is 4.80. The molecule has 7 heteroatoms. The largest absolute Gasteiger partial charge is 0.352 e. The molecular weight excluding hydrogens is 330 g/mol. The van der Waals surface area contributed by atoms with Gasteiger partial charge in [0.1, 0.15) is 0 Å². The number of nitrogens with zero attached hydrogens (tertiary/aromatic N) is 4. The van der Waals surface area contributed by atoms with Crippen molar-refractivity contribution in [2.45, 2.75) is 47.0 Å². The molecule has 0 aliphatic carbocycles. The first-order chi connectivity index (χ1) is 12.3. The number of aromatic nitrogens is 4. The Bertz CT molecular complexity index is 968. The number of carbonyl (C=O) groups is 1. The van der Waals surface area contributed by atoms with E-state index in [-0.39, 0.29) is 11.8 Å². The van der Waals surface area contributed by atoms with Crippen LogP contribution in [0, 0.1) is 20.8 Å². The van der Waals surface area contributed by atoms with Crippen LogP contribution in [0.2, 0.25) is 0 Å². The van der Waals surface area contributed by atoms with Gasteiger partial charge < -0.3 is 9.84 Å². The zero-order valence-corrected chi connectivity index (χ0v) is 16.2. The minimum atomic E-state index is -0.134. The predicted molar refractivity (Wildman–Crippen MR) is 99.3 cm³/mol. The van der Waals surface area contributed by atoms with E-state index in [2.05, 4.69) is 20.6 Å². The molecule has 0 radical (unpaired) electrons. The van der Waals surface area contributed by atoms with E-state index >= 15 is 0 Å². The molecule has 26 heavy (non-hydrogen) atoms. The van der Waals surface area contributed by atoms with Crippen LogP contribution in [0.3, 0.4) is 0 Å². The van der Waals surface area contributed by atoms with Gasteiger partial charge in [0.05, 0.1) is 22.3 Å². The van der Waals surface area contributed by atoms with Crippen LogP contribution in [0.15, 0.2) is 10.6 Å². The monoisotopic (exact) mass is 355 g/mol. The average Bonchev–Trinajstić information content (AvgIpc) is 3.08. The first kappa shape index (κ1) is 18.1. The molecule has 0 aliphatic rings. The van der Waals surface area contributed by atoms with Gasteiger partial charge in [-0.05, 0) is 44.7 Å². The van der Waals surface area contributed by atoms with Gasteiger partial charge in [0.15, 0.2) is 0 Å². The molecular formula is C19H25N5O2. The van der Waals surface area contributed by atoms with Crippen LogP contribution in [-0.2, 0) is 13.5 Å². The van der Waals surface area contributed by atoms with Crippen molar-refractivity contribution in [2.75, 3.05) is 6.54 Å². The number of carbonyl (C=O) groups excluding carboxylic acids is 1. The third kappa shape index (κ3) is 3.21. The molecule has 0 unspecified atom stereocenters. The Balaban J connectivity index is 1.82. The highest BCUT2D eigenvalue weighted by molar-refractivity contribution is 6.06. The van der Waals surface area contributed by atoms with Crippen molar-refractivity contribution in [3.63, 3.8) is 0 Å². The summed E-state index contributed by atoms with van der Waals surface area (Å²) in [5.41, 5.74) is 5.78. The number of amides is 1. The molecule has 0 spiro atoms. The minimum absolute atomic E-state index is 0.134. The second kappa shape index (κ2) is 6.90. The summed E-state index contributed by atoms with van der Waals surface area (Å²) >= 11 is 0. The summed E-state index contributed by atoms with van der Waals surface area (Å²) in [6.45, 7) is 10.5. The number of hydrogen-bond acceptors (Lipinski definition) is 5. The van der Waals surface area contributed by atoms with E-state index in [4.69, 9.17) is 4.52 Å². The standard InChI is InChI=1S/C19H25N5O2/c1-10(2)16-9-15(17-12(4)23-26-19(17)21-16)18(25)20-8-7-14-11(3)22-24(6)13(14)5/h9-10H,7-8H2,1-6H3,(H,20,25). The van der Waals surface area contributed by atoms with Gasteiger partial charge in [0.2, 0.25) is 0 Å². The lowest BCUT2D eigenvalue weighted by Crippen LogP contribution is -2.26. The number of hydrogen-bond donors (Lipinski definition) is 1. The van der Waals surface area contributed by atoms with Gasteiger partial charge >= 0.3 is 0 Å². The van der Waals surface area contributed by atoms with Crippen molar-refractivity contribution in [2.24, 2.45) is 7.05 Å². The third-order valence-electron chi connectivity index (χ3n) is 4.79. The molecule has 0 saturated heterocycles. The van der Waals surface area contributed by atoms with E-state index in [1.54, 1.807) is 0 Å². The van der Waals surface area contributed by atoms with Crippen LogP contribution in [0.5, 0.6) is 0 Å². The fourth-order valence-electron chi connectivity index (χ4n) is 3.16. The molecule has 138 valence electrons. The lowest BCUT2D eigenvalue weighted by Gasteiger charge is -2.10. The zero-order valence-electron chi connectivity index (χ0n) is 16.2. The van der Waals surface area contributed by atoms with Gasteiger partial charge in [-0.25, -0.2) is 4.98 Å². The first-order valence-corrected chi connectivity index (χ1v) is 8.83. The summed E-state index contributed by atoms with van der Waals surface area (Å²) in [6, 6.07) is 1.84. The molecule has 3 rings (SSSR count). The summed E-state index contributed by atoms with van der Waals surface area (Å²) in [5.74, 6) is 0.0573. The summed E-state index contributed by atoms with van der Waals surface area (Å²) in [7, 11) is 1.93. The lowest BCUT2D eigenvalue weighted by atomic mass is 10.0. The lowest BCUT2D eigenvalue weighted by molar-refractivity contribution is 0.0955. The van der Waals surface area contributed by atoms with E-state index in [1.807, 2.05) is 52.4 Å². The highest BCUT2D eigenvalue weighted by atomic mass is 16.5. The maximum Gasteiger partial charge on any atom is 0.259 e. The molecule has 7 nitrogen and oxygen atoms in total. The molecule has 0 aromatic carbocycles. The maximum atomic E-state index is 12.8. The molecule has 3 heterocycles. The van der Waals surface area contributed by atoms with E-state index in [0.717, 1.165) is 23.5 Å². The predicted octanol–water partition coefficient (Wildman–Crippen LogP) is 2.98. The van der Waals surface area contributed by atoms with Crippen LogP contribution in [-0.4, -0.2) is 32.4 Å². The normalized spacial score (nSPS) is 11.5. The number of nitrogens with one attached hydrogen (secondary N) is 1. The highest BCUT2D eigenvalue weighted by Crippen LogP contribution is 2.25. The summed E-state index contributed by atoms with van der Waals surface area (Å²) in [5, 5.41) is 12.1. The Morgan fingerprint density at radius 2 is 2.00 bits per heavy atom. The number of pyridine rings is 1. The van der Waals surface area contributed by atoms with E-state index in [0.29, 0.717) is 28.9 Å². The van der Waals surface area contributed by atoms with Crippen molar-refractivity contribution >= 4 is 17.0 Å². The molecule has 0 saturated carbocycles. The maximum absolute atomic E-state index is 12.8. The van der Waals surface area contributed by atoms with Gasteiger partial charge in [-0.15, -0.1) is 0 Å². The van der Waals surface area contributed by atoms with Gasteiger partial charge in [-0.3, -0.25) is 9.48 Å². The topological polar surface area (TPSA) is 85.8 Å². The van der Waals surface area contributed by atoms with E-state index < -0.39 is 0 Å². The zero-order chi connectivity index (χ0) is 19.0. The van der Waals surface area contributed by atoms with Gasteiger partial charge in [0, 0.05) is 25.0 Å². The van der Waals surface area contributed by atoms with Crippen molar-refractivity contribution < 1.29 is 9.32 Å². The third-order valence-corrected chi connectivity index (χ3v) is 4.79. The molecule has 3 aromatic rings. The number of aryl methyl sites for hydroxylation is 3. The second-order valence-electron chi connectivity index (χ2n) is 6.98. The number of fused-ring (bicyclic) bond motifs is 1. The van der Waals surface area contributed by atoms with Crippen LogP contribution in [0.1, 0.15) is 58.5 Å². The van der Waals surface area contributed by atoms with Crippen LogP contribution in [0.25, 0.3) is 11.1 Å². The summed E-state index contributed by atoms with van der Waals surface area (Å²) in [4.78, 5) is 17.3. The molecule has 0 bridgehead atoms. The number of rotatable bonds is 5. The molecule has 3 aromatic heterocycles. The summed E-state index contributed by atoms with van der Waals surface area (Å²) in [6.07, 6.45) is 0.741. The smallest absolute Gasteiger partial charge is 0.259 e. The molecule has 1 N–H and O–H groups in total. The van der Waals surface area contributed by atoms with Gasteiger partial charge in [0.25, 0.3) is 11.6 Å². The van der Waals surface area contributed by atoms with Crippen molar-refractivity contribution in [3.8, 4) is 0 Å². The van der Waals surface area contributed by atoms with Gasteiger partial charge in [-0.1, -0.05) is 19.0 Å². The summed E-state index contributed by atoms with van der Waals surface area (Å²) < 4.78 is 7.16. The Labute approximate surface area is 152 Å². The Morgan fingerprint density at radius 3 is 2.62 bits per heavy atom. The van der Waals surface area contributed by atoms with Crippen LogP contribution < -0.4 is 5.32 Å². The SMILES string of the molecule is Cc1nn(C)c(C)c1CCNC(=O)c1cc(C(C)C)nc2onc(C)c12. The minimum Gasteiger partial charge on any atom is -0.352 e. The average molecular weight is 355 g/mol. The fourth-order valence-corrected chi connectivity index (χ4v) is 3.16. The van der Waals surface area contributed by atoms with Crippen LogP contribution >= 0.6 is 0 Å². The van der Waals surface area contributed by atoms with Crippen molar-refractivity contribution in [1.29, 1.82) is 0 Å². The highest BCUT2D eigenvalue weighted by Gasteiger charge is 2.19. The second-order valence-corrected chi connectivity index (χ2v) is 6.98. The molecule has 0 fully saturated rings. The Morgan fingerprint density at radius 1 is 1.27 bits per heavy atom. The Hall–Kier alpha value is -2.70. The van der Waals surface area contributed by atoms with Crippen molar-refractivity contribution in [3.05, 3.63) is 40.0 Å². The van der Waals surface area contributed by atoms with Gasteiger partial charge in [-0.2, -0.15) is 5.10 Å². The fraction of sp³-hybridized carbons (Fsp3) is 0.474. The van der Waals surface area contributed by atoms with Crippen molar-refractivity contribution in [1.82, 2.24) is 25.2 Å². The molecule has 0 aliphatic heterocycles. The molecule has 1 amide bonds.